The Kier molecular flexibility index (Phi) is 6.61. The summed E-state index contributed by atoms with van der Waals surface area (Å²) in [5.74, 6) is 0.860. The number of benzene rings is 2. The molecule has 0 N–H and O–H groups in total. The second-order valence-corrected chi connectivity index (χ2v) is 11.8. The average molecular weight is 505 g/mol. The molecule has 5 rings (SSSR count). The van der Waals surface area contributed by atoms with Gasteiger partial charge in [-0.3, -0.25) is 9.47 Å². The predicted octanol–water partition coefficient (Wildman–Crippen LogP) is 6.72. The number of aromatic nitrogens is 1. The lowest BCUT2D eigenvalue weighted by molar-refractivity contribution is -0.0460. The number of fused-ring (bicyclic) bond motifs is 3. The van der Waals surface area contributed by atoms with Crippen molar-refractivity contribution in [3.8, 4) is 5.75 Å². The fourth-order valence-electron chi connectivity index (χ4n) is 6.58. The molecule has 1 aromatic heterocycles. The van der Waals surface area contributed by atoms with Gasteiger partial charge in [-0.1, -0.05) is 29.8 Å². The summed E-state index contributed by atoms with van der Waals surface area (Å²) in [7, 11) is 3.57. The van der Waals surface area contributed by atoms with E-state index in [0.29, 0.717) is 6.04 Å². The van der Waals surface area contributed by atoms with Crippen molar-refractivity contribution in [2.75, 3.05) is 14.2 Å². The van der Waals surface area contributed by atoms with E-state index in [2.05, 4.69) is 42.2 Å². The van der Waals surface area contributed by atoms with Crippen LogP contribution >= 0.6 is 0 Å². The third-order valence-electron chi connectivity index (χ3n) is 8.27. The van der Waals surface area contributed by atoms with Crippen molar-refractivity contribution in [2.45, 2.75) is 90.1 Å². The zero-order chi connectivity index (χ0) is 26.5. The van der Waals surface area contributed by atoms with Crippen molar-refractivity contribution in [1.29, 1.82) is 0 Å². The fourth-order valence-corrected chi connectivity index (χ4v) is 6.58. The number of hydrogen-bond acceptors (Lipinski definition) is 5. The number of nitrogens with zero attached hydrogens (tertiary/aromatic N) is 2. The van der Waals surface area contributed by atoms with Gasteiger partial charge in [0.2, 0.25) is 0 Å². The van der Waals surface area contributed by atoms with Crippen LogP contribution < -0.4 is 4.74 Å². The molecule has 6 nitrogen and oxygen atoms in total. The summed E-state index contributed by atoms with van der Waals surface area (Å²) >= 11 is 0. The molecule has 2 fully saturated rings. The van der Waals surface area contributed by atoms with Crippen LogP contribution in [-0.2, 0) is 21.6 Å². The first-order chi connectivity index (χ1) is 17.6. The summed E-state index contributed by atoms with van der Waals surface area (Å²) in [6, 6.07) is 13.5. The first kappa shape index (κ1) is 25.8. The maximum atomic E-state index is 13.1. The third-order valence-corrected chi connectivity index (χ3v) is 8.27. The number of rotatable bonds is 5. The largest absolute Gasteiger partial charge is 0.496 e. The van der Waals surface area contributed by atoms with E-state index in [1.54, 1.807) is 11.7 Å². The quantitative estimate of drug-likeness (QED) is 0.386. The van der Waals surface area contributed by atoms with Crippen molar-refractivity contribution in [3.63, 3.8) is 0 Å². The first-order valence-corrected chi connectivity index (χ1v) is 13.3. The van der Waals surface area contributed by atoms with Gasteiger partial charge in [0.05, 0.1) is 18.7 Å². The SMILES string of the molecule is COc1cc(C)c2c(ccn2C(=O)OC(C)(C)C)c1CN1C2CCC1(c1ccc(C)cc1)CC(OC)C2. The minimum atomic E-state index is -0.567. The van der Waals surface area contributed by atoms with Crippen molar-refractivity contribution >= 4 is 17.0 Å². The van der Waals surface area contributed by atoms with E-state index >= 15 is 0 Å². The van der Waals surface area contributed by atoms with Crippen LogP contribution in [0.5, 0.6) is 5.75 Å². The van der Waals surface area contributed by atoms with Crippen LogP contribution in [0.25, 0.3) is 10.9 Å². The maximum absolute atomic E-state index is 13.1. The molecule has 0 spiro atoms. The lowest BCUT2D eigenvalue weighted by atomic mass is 9.79. The summed E-state index contributed by atoms with van der Waals surface area (Å²) < 4.78 is 19.2. The lowest BCUT2D eigenvalue weighted by Crippen LogP contribution is -2.52. The summed E-state index contributed by atoms with van der Waals surface area (Å²) in [5.41, 5.74) is 4.95. The highest BCUT2D eigenvalue weighted by molar-refractivity contribution is 5.95. The summed E-state index contributed by atoms with van der Waals surface area (Å²) in [4.78, 5) is 15.8. The number of methoxy groups -OCH3 is 2. The second-order valence-electron chi connectivity index (χ2n) is 11.8. The number of aryl methyl sites for hydroxylation is 2. The molecular weight excluding hydrogens is 464 g/mol. The monoisotopic (exact) mass is 504 g/mol. The van der Waals surface area contributed by atoms with E-state index in [0.717, 1.165) is 60.0 Å². The predicted molar refractivity (Wildman–Crippen MR) is 146 cm³/mol. The highest BCUT2D eigenvalue weighted by Gasteiger charge is 2.52. The molecule has 0 amide bonds. The van der Waals surface area contributed by atoms with E-state index in [9.17, 15) is 4.79 Å². The van der Waals surface area contributed by atoms with Crippen LogP contribution in [0.15, 0.2) is 42.6 Å². The molecule has 2 aromatic carbocycles. The highest BCUT2D eigenvalue weighted by atomic mass is 16.6. The van der Waals surface area contributed by atoms with Crippen LogP contribution in [0.3, 0.4) is 0 Å². The Hall–Kier alpha value is -2.83. The number of carbonyl (C=O) groups excluding carboxylic acids is 1. The number of hydrogen-bond donors (Lipinski definition) is 0. The molecule has 2 aliphatic rings. The number of carbonyl (C=O) groups is 1. The molecule has 3 heterocycles. The van der Waals surface area contributed by atoms with Gasteiger partial charge in [-0.15, -0.1) is 0 Å². The average Bonchev–Trinajstić information content (AvgIpc) is 3.37. The van der Waals surface area contributed by atoms with Crippen LogP contribution in [-0.4, -0.2) is 47.5 Å². The van der Waals surface area contributed by atoms with Gasteiger partial charge < -0.3 is 14.2 Å². The number of ether oxygens (including phenoxy) is 3. The molecule has 2 bridgehead atoms. The zero-order valence-electron chi connectivity index (χ0n) is 23.3. The van der Waals surface area contributed by atoms with Crippen molar-refractivity contribution in [2.24, 2.45) is 0 Å². The molecule has 0 saturated carbocycles. The molecule has 0 radical (unpaired) electrons. The Morgan fingerprint density at radius 2 is 1.84 bits per heavy atom. The van der Waals surface area contributed by atoms with Crippen LogP contribution in [0.1, 0.15) is 68.7 Å². The zero-order valence-corrected chi connectivity index (χ0v) is 23.3. The Labute approximate surface area is 220 Å². The van der Waals surface area contributed by atoms with Gasteiger partial charge in [0.25, 0.3) is 0 Å². The van der Waals surface area contributed by atoms with Gasteiger partial charge in [0.1, 0.15) is 11.4 Å². The van der Waals surface area contributed by atoms with E-state index in [1.807, 2.05) is 47.1 Å². The Bertz CT molecular complexity index is 1300. The first-order valence-electron chi connectivity index (χ1n) is 13.3. The van der Waals surface area contributed by atoms with E-state index < -0.39 is 5.60 Å². The molecule has 37 heavy (non-hydrogen) atoms. The smallest absolute Gasteiger partial charge is 0.419 e. The standard InChI is InChI=1S/C31H40N2O4/c1-20-8-10-22(11-9-20)31-14-12-23(17-24(18-31)35-6)33(31)19-26-25-13-15-32(29(34)37-30(3,4)5)28(25)21(2)16-27(26)36-7/h8-11,13,15-16,23-24H,12,14,17-19H2,1-7H3. The van der Waals surface area contributed by atoms with Gasteiger partial charge in [-0.2, -0.15) is 0 Å². The highest BCUT2D eigenvalue weighted by Crippen LogP contribution is 2.52. The van der Waals surface area contributed by atoms with E-state index in [1.165, 1.54) is 11.1 Å². The Morgan fingerprint density at radius 3 is 2.49 bits per heavy atom. The molecule has 3 unspecified atom stereocenters. The van der Waals surface area contributed by atoms with Crippen LogP contribution in [0.4, 0.5) is 4.79 Å². The Balaban J connectivity index is 1.60. The molecular formula is C31H40N2O4. The van der Waals surface area contributed by atoms with Gasteiger partial charge in [-0.05, 0) is 83.6 Å². The lowest BCUT2D eigenvalue weighted by Gasteiger charge is -2.48. The second kappa shape index (κ2) is 9.48. The molecule has 3 aromatic rings. The van der Waals surface area contributed by atoms with E-state index in [4.69, 9.17) is 14.2 Å². The van der Waals surface area contributed by atoms with Crippen molar-refractivity contribution < 1.29 is 19.0 Å². The molecule has 3 atom stereocenters. The minimum Gasteiger partial charge on any atom is -0.496 e. The summed E-state index contributed by atoms with van der Waals surface area (Å²) in [5, 5.41) is 1.04. The van der Waals surface area contributed by atoms with Gasteiger partial charge in [0.15, 0.2) is 0 Å². The van der Waals surface area contributed by atoms with Gasteiger partial charge in [0, 0.05) is 42.4 Å². The molecule has 2 saturated heterocycles. The van der Waals surface area contributed by atoms with Crippen LogP contribution in [0, 0.1) is 13.8 Å². The maximum Gasteiger partial charge on any atom is 0.419 e. The fraction of sp³-hybridized carbons (Fsp3) is 0.516. The molecule has 0 aliphatic carbocycles. The number of piperidine rings is 1. The van der Waals surface area contributed by atoms with Crippen LogP contribution in [0.2, 0.25) is 0 Å². The summed E-state index contributed by atoms with van der Waals surface area (Å²) in [6.07, 6.45) is 5.97. The molecule has 198 valence electrons. The van der Waals surface area contributed by atoms with Gasteiger partial charge >= 0.3 is 6.09 Å². The Morgan fingerprint density at radius 1 is 1.11 bits per heavy atom. The topological polar surface area (TPSA) is 52.9 Å². The van der Waals surface area contributed by atoms with Crippen molar-refractivity contribution in [3.05, 3.63) is 64.8 Å². The normalized spacial score (nSPS) is 24.0. The van der Waals surface area contributed by atoms with Crippen molar-refractivity contribution in [1.82, 2.24) is 9.47 Å². The molecule has 2 aliphatic heterocycles. The molecule has 6 heteroatoms. The minimum absolute atomic E-state index is 0.0900. The van der Waals surface area contributed by atoms with Gasteiger partial charge in [-0.25, -0.2) is 4.79 Å². The third kappa shape index (κ3) is 4.55. The summed E-state index contributed by atoms with van der Waals surface area (Å²) in [6.45, 7) is 10.6. The van der Waals surface area contributed by atoms with E-state index in [-0.39, 0.29) is 17.7 Å².